The molecule has 3 heterocycles. The highest BCUT2D eigenvalue weighted by Gasteiger charge is 2.25. The van der Waals surface area contributed by atoms with E-state index in [-0.39, 0.29) is 0 Å². The first-order valence-corrected chi connectivity index (χ1v) is 7.13. The largest absolute Gasteiger partial charge is 0.327 e. The molecule has 2 atom stereocenters. The van der Waals surface area contributed by atoms with Crippen LogP contribution in [0.3, 0.4) is 0 Å². The molecule has 2 N–H and O–H groups in total. The van der Waals surface area contributed by atoms with Crippen LogP contribution in [-0.2, 0) is 19.5 Å². The Kier molecular flexibility index (Phi) is 3.35. The number of aryl methyl sites for hydroxylation is 1. The van der Waals surface area contributed by atoms with Crippen LogP contribution in [-0.4, -0.2) is 38.8 Å². The molecule has 2 aliphatic rings. The molecule has 0 aromatic carbocycles. The third-order valence-corrected chi connectivity index (χ3v) is 4.36. The summed E-state index contributed by atoms with van der Waals surface area (Å²) in [6, 6.07) is 0.369. The van der Waals surface area contributed by atoms with Crippen molar-refractivity contribution in [2.24, 2.45) is 11.7 Å². The van der Waals surface area contributed by atoms with Gasteiger partial charge in [0, 0.05) is 32.1 Å². The van der Waals surface area contributed by atoms with E-state index in [1.807, 2.05) is 0 Å². The molecule has 3 rings (SSSR count). The van der Waals surface area contributed by atoms with Gasteiger partial charge in [0.2, 0.25) is 0 Å². The SMILES string of the molecule is CC1CN(Cc2nnc3n2CCCC3)CCC1N. The van der Waals surface area contributed by atoms with E-state index in [9.17, 15) is 0 Å². The fourth-order valence-corrected chi connectivity index (χ4v) is 3.08. The molecule has 2 unspecified atom stereocenters. The van der Waals surface area contributed by atoms with E-state index in [1.54, 1.807) is 0 Å². The molecule has 0 radical (unpaired) electrons. The van der Waals surface area contributed by atoms with Gasteiger partial charge in [-0.05, 0) is 25.2 Å². The standard InChI is InChI=1S/C13H23N5/c1-10-8-17(7-5-11(10)14)9-13-16-15-12-4-2-3-6-18(12)13/h10-11H,2-9,14H2,1H3. The summed E-state index contributed by atoms with van der Waals surface area (Å²) in [6.07, 6.45) is 4.71. The van der Waals surface area contributed by atoms with Crippen LogP contribution in [0.15, 0.2) is 0 Å². The Balaban J connectivity index is 1.68. The van der Waals surface area contributed by atoms with Gasteiger partial charge in [-0.1, -0.05) is 6.92 Å². The van der Waals surface area contributed by atoms with Crippen molar-refractivity contribution in [1.82, 2.24) is 19.7 Å². The Morgan fingerprint density at radius 3 is 3.00 bits per heavy atom. The van der Waals surface area contributed by atoms with Crippen LogP contribution in [0.5, 0.6) is 0 Å². The van der Waals surface area contributed by atoms with E-state index < -0.39 is 0 Å². The first kappa shape index (κ1) is 12.1. The number of nitrogens with two attached hydrogens (primary N) is 1. The van der Waals surface area contributed by atoms with Gasteiger partial charge in [0.25, 0.3) is 0 Å². The topological polar surface area (TPSA) is 60.0 Å². The number of rotatable bonds is 2. The Hall–Kier alpha value is -0.940. The summed E-state index contributed by atoms with van der Waals surface area (Å²) >= 11 is 0. The summed E-state index contributed by atoms with van der Waals surface area (Å²) in [4.78, 5) is 2.47. The van der Waals surface area contributed by atoms with Crippen molar-refractivity contribution < 1.29 is 0 Å². The van der Waals surface area contributed by atoms with Gasteiger partial charge >= 0.3 is 0 Å². The van der Waals surface area contributed by atoms with Crippen molar-refractivity contribution in [2.45, 2.75) is 51.7 Å². The lowest BCUT2D eigenvalue weighted by molar-refractivity contribution is 0.152. The quantitative estimate of drug-likeness (QED) is 0.841. The van der Waals surface area contributed by atoms with Crippen molar-refractivity contribution in [2.75, 3.05) is 13.1 Å². The Morgan fingerprint density at radius 2 is 2.17 bits per heavy atom. The number of likely N-dealkylation sites (tertiary alicyclic amines) is 1. The molecule has 1 fully saturated rings. The van der Waals surface area contributed by atoms with Crippen molar-refractivity contribution in [3.63, 3.8) is 0 Å². The molecule has 1 aromatic heterocycles. The van der Waals surface area contributed by atoms with E-state index in [1.165, 1.54) is 18.7 Å². The summed E-state index contributed by atoms with van der Waals surface area (Å²) in [6.45, 7) is 6.46. The zero-order valence-corrected chi connectivity index (χ0v) is 11.2. The van der Waals surface area contributed by atoms with E-state index >= 15 is 0 Å². The van der Waals surface area contributed by atoms with Crippen LogP contribution >= 0.6 is 0 Å². The predicted octanol–water partition coefficient (Wildman–Crippen LogP) is 0.784. The van der Waals surface area contributed by atoms with Crippen LogP contribution < -0.4 is 5.73 Å². The molecule has 0 spiro atoms. The molecule has 0 saturated carbocycles. The van der Waals surface area contributed by atoms with Crippen molar-refractivity contribution in [3.05, 3.63) is 11.6 Å². The molecule has 0 amide bonds. The van der Waals surface area contributed by atoms with E-state index in [2.05, 4.69) is 26.6 Å². The lowest BCUT2D eigenvalue weighted by Gasteiger charge is -2.34. The third kappa shape index (κ3) is 2.29. The normalized spacial score (nSPS) is 29.2. The van der Waals surface area contributed by atoms with Crippen LogP contribution in [0.2, 0.25) is 0 Å². The number of piperidine rings is 1. The van der Waals surface area contributed by atoms with Crippen LogP contribution in [0, 0.1) is 5.92 Å². The second-order valence-corrected chi connectivity index (χ2v) is 5.81. The minimum absolute atomic E-state index is 0.369. The van der Waals surface area contributed by atoms with E-state index in [0.29, 0.717) is 12.0 Å². The second kappa shape index (κ2) is 4.97. The summed E-state index contributed by atoms with van der Waals surface area (Å²) < 4.78 is 2.32. The summed E-state index contributed by atoms with van der Waals surface area (Å²) in [5.41, 5.74) is 6.06. The Morgan fingerprint density at radius 1 is 1.28 bits per heavy atom. The third-order valence-electron chi connectivity index (χ3n) is 4.36. The molecule has 1 saturated heterocycles. The minimum Gasteiger partial charge on any atom is -0.327 e. The molecule has 0 bridgehead atoms. The highest BCUT2D eigenvalue weighted by molar-refractivity contribution is 4.99. The second-order valence-electron chi connectivity index (χ2n) is 5.81. The molecular weight excluding hydrogens is 226 g/mol. The van der Waals surface area contributed by atoms with Gasteiger partial charge in [-0.25, -0.2) is 0 Å². The lowest BCUT2D eigenvalue weighted by atomic mass is 9.95. The van der Waals surface area contributed by atoms with Crippen LogP contribution in [0.1, 0.15) is 37.8 Å². The summed E-state index contributed by atoms with van der Waals surface area (Å²) in [5.74, 6) is 2.91. The zero-order chi connectivity index (χ0) is 12.5. The molecular formula is C13H23N5. The van der Waals surface area contributed by atoms with E-state index in [4.69, 9.17) is 5.73 Å². The van der Waals surface area contributed by atoms with Crippen molar-refractivity contribution in [3.8, 4) is 0 Å². The molecule has 5 nitrogen and oxygen atoms in total. The van der Waals surface area contributed by atoms with Gasteiger partial charge < -0.3 is 10.3 Å². The Labute approximate surface area is 108 Å². The average Bonchev–Trinajstić information content (AvgIpc) is 2.78. The maximum Gasteiger partial charge on any atom is 0.147 e. The highest BCUT2D eigenvalue weighted by Crippen LogP contribution is 2.19. The fraction of sp³-hybridized carbons (Fsp3) is 0.846. The summed E-state index contributed by atoms with van der Waals surface area (Å²) in [7, 11) is 0. The molecule has 1 aromatic rings. The van der Waals surface area contributed by atoms with Gasteiger partial charge in [0.15, 0.2) is 0 Å². The van der Waals surface area contributed by atoms with Gasteiger partial charge in [-0.3, -0.25) is 4.90 Å². The first-order chi connectivity index (χ1) is 8.74. The van der Waals surface area contributed by atoms with Gasteiger partial charge in [-0.2, -0.15) is 0 Å². The Bertz CT molecular complexity index is 414. The number of nitrogens with zero attached hydrogens (tertiary/aromatic N) is 4. The highest BCUT2D eigenvalue weighted by atomic mass is 15.3. The predicted molar refractivity (Wildman–Crippen MR) is 70.0 cm³/mol. The van der Waals surface area contributed by atoms with Crippen LogP contribution in [0.4, 0.5) is 0 Å². The number of fused-ring (bicyclic) bond motifs is 1. The molecule has 18 heavy (non-hydrogen) atoms. The average molecular weight is 249 g/mol. The van der Waals surface area contributed by atoms with E-state index in [0.717, 1.165) is 44.8 Å². The first-order valence-electron chi connectivity index (χ1n) is 7.13. The summed E-state index contributed by atoms with van der Waals surface area (Å²) in [5, 5.41) is 8.69. The minimum atomic E-state index is 0.369. The molecule has 5 heteroatoms. The number of hydrogen-bond acceptors (Lipinski definition) is 4. The maximum atomic E-state index is 6.06. The molecule has 2 aliphatic heterocycles. The van der Waals surface area contributed by atoms with Gasteiger partial charge in [0.05, 0.1) is 6.54 Å². The monoisotopic (exact) mass is 249 g/mol. The van der Waals surface area contributed by atoms with Crippen LogP contribution in [0.25, 0.3) is 0 Å². The van der Waals surface area contributed by atoms with Gasteiger partial charge in [-0.15, -0.1) is 10.2 Å². The van der Waals surface area contributed by atoms with Gasteiger partial charge in [0.1, 0.15) is 11.6 Å². The number of aromatic nitrogens is 3. The molecule has 0 aliphatic carbocycles. The van der Waals surface area contributed by atoms with Crippen molar-refractivity contribution >= 4 is 0 Å². The molecule has 100 valence electrons. The zero-order valence-electron chi connectivity index (χ0n) is 11.2. The smallest absolute Gasteiger partial charge is 0.147 e. The fourth-order valence-electron chi connectivity index (χ4n) is 3.08. The maximum absolute atomic E-state index is 6.06. The van der Waals surface area contributed by atoms with Crippen molar-refractivity contribution in [1.29, 1.82) is 0 Å². The number of hydrogen-bond donors (Lipinski definition) is 1. The lowest BCUT2D eigenvalue weighted by Crippen LogP contribution is -2.45.